The zero-order chi connectivity index (χ0) is 20.1. The van der Waals surface area contributed by atoms with E-state index in [4.69, 9.17) is 12.8 Å². The number of rotatable bonds is 2. The van der Waals surface area contributed by atoms with Crippen molar-refractivity contribution in [1.82, 2.24) is 0 Å². The van der Waals surface area contributed by atoms with E-state index in [1.807, 2.05) is 6.07 Å². The van der Waals surface area contributed by atoms with Gasteiger partial charge in [-0.25, -0.2) is 0 Å². The average Bonchev–Trinajstić information content (AvgIpc) is 2.71. The minimum Gasteiger partial charge on any atom is -0.115 e. The highest BCUT2D eigenvalue weighted by molar-refractivity contribution is 5.48. The summed E-state index contributed by atoms with van der Waals surface area (Å²) >= 11 is 0. The molecular formula is C30H34. The molecule has 0 nitrogen and oxygen atoms in total. The second-order valence-electron chi connectivity index (χ2n) is 12.8. The van der Waals surface area contributed by atoms with Crippen LogP contribution in [0.3, 0.4) is 0 Å². The molecular weight excluding hydrogens is 360 g/mol. The van der Waals surface area contributed by atoms with Crippen LogP contribution in [-0.4, -0.2) is 0 Å². The molecule has 0 saturated heterocycles. The van der Waals surface area contributed by atoms with Gasteiger partial charge < -0.3 is 0 Å². The SMILES string of the molecule is C#Cc1cc(C#C)cc(C23CC4CC(C2)CC(C25CC6CC(CC(C6)C2)C5)(C4)C3)c1. The number of terminal acetylenes is 2. The molecule has 0 heteroatoms. The lowest BCUT2D eigenvalue weighted by Gasteiger charge is -2.72. The van der Waals surface area contributed by atoms with Crippen LogP contribution in [0.25, 0.3) is 0 Å². The molecule has 154 valence electrons. The molecule has 8 aliphatic rings. The van der Waals surface area contributed by atoms with E-state index in [1.165, 1.54) is 44.1 Å². The Morgan fingerprint density at radius 1 is 0.600 bits per heavy atom. The Morgan fingerprint density at radius 2 is 1.07 bits per heavy atom. The van der Waals surface area contributed by atoms with Gasteiger partial charge in [0.05, 0.1) is 0 Å². The standard InChI is InChI=1S/C30H34/c1-3-20-5-21(4-2)11-27(10-20)28-12-25-9-26(13-28)18-30(17-25,19-28)29-14-22-6-23(15-29)8-24(7-22)16-29/h1-2,5,10-11,22-26H,6-9,12-19H2. The van der Waals surface area contributed by atoms with E-state index in [9.17, 15) is 0 Å². The Morgan fingerprint density at radius 3 is 1.57 bits per heavy atom. The molecule has 1 aromatic rings. The fourth-order valence-electron chi connectivity index (χ4n) is 11.1. The van der Waals surface area contributed by atoms with Crippen LogP contribution in [0.15, 0.2) is 18.2 Å². The second kappa shape index (κ2) is 5.77. The number of benzene rings is 1. The van der Waals surface area contributed by atoms with Gasteiger partial charge >= 0.3 is 0 Å². The first-order valence-electron chi connectivity index (χ1n) is 12.6. The molecule has 0 spiro atoms. The van der Waals surface area contributed by atoms with Crippen molar-refractivity contribution in [3.63, 3.8) is 0 Å². The molecule has 0 aliphatic heterocycles. The molecule has 0 amide bonds. The molecule has 30 heavy (non-hydrogen) atoms. The summed E-state index contributed by atoms with van der Waals surface area (Å²) in [6.07, 6.45) is 29.8. The summed E-state index contributed by atoms with van der Waals surface area (Å²) in [6, 6.07) is 6.70. The Balaban J connectivity index is 1.34. The number of hydrogen-bond acceptors (Lipinski definition) is 0. The Bertz CT molecular complexity index is 912. The molecule has 0 N–H and O–H groups in total. The largest absolute Gasteiger partial charge is 0.115 e. The molecule has 8 fully saturated rings. The van der Waals surface area contributed by atoms with Crippen LogP contribution < -0.4 is 0 Å². The van der Waals surface area contributed by atoms with Crippen molar-refractivity contribution >= 4 is 0 Å². The van der Waals surface area contributed by atoms with E-state index in [0.29, 0.717) is 16.2 Å². The summed E-state index contributed by atoms with van der Waals surface area (Å²) in [7, 11) is 0. The molecule has 0 heterocycles. The van der Waals surface area contributed by atoms with Gasteiger partial charge in [0.1, 0.15) is 0 Å². The van der Waals surface area contributed by atoms with Gasteiger partial charge in [0.15, 0.2) is 0 Å². The second-order valence-corrected chi connectivity index (χ2v) is 12.8. The third kappa shape index (κ3) is 2.27. The summed E-state index contributed by atoms with van der Waals surface area (Å²) in [5.41, 5.74) is 5.08. The van der Waals surface area contributed by atoms with Crippen molar-refractivity contribution in [2.24, 2.45) is 40.4 Å². The molecule has 2 unspecified atom stereocenters. The van der Waals surface area contributed by atoms with E-state index < -0.39 is 0 Å². The Labute approximate surface area is 182 Å². The van der Waals surface area contributed by atoms with Crippen molar-refractivity contribution in [3.05, 3.63) is 34.9 Å². The topological polar surface area (TPSA) is 0 Å². The Hall–Kier alpha value is -1.66. The zero-order valence-corrected chi connectivity index (χ0v) is 18.3. The predicted octanol–water partition coefficient (Wildman–Crippen LogP) is 6.70. The first kappa shape index (κ1) is 18.0. The van der Waals surface area contributed by atoms with Crippen LogP contribution in [0.5, 0.6) is 0 Å². The quantitative estimate of drug-likeness (QED) is 0.489. The molecule has 1 aromatic carbocycles. The third-order valence-corrected chi connectivity index (χ3v) is 11.1. The zero-order valence-electron chi connectivity index (χ0n) is 18.3. The lowest BCUT2D eigenvalue weighted by molar-refractivity contribution is -0.205. The van der Waals surface area contributed by atoms with E-state index in [2.05, 4.69) is 24.0 Å². The highest BCUT2D eigenvalue weighted by atomic mass is 14.7. The van der Waals surface area contributed by atoms with Crippen molar-refractivity contribution in [2.75, 3.05) is 0 Å². The van der Waals surface area contributed by atoms with Crippen molar-refractivity contribution in [1.29, 1.82) is 0 Å². The van der Waals surface area contributed by atoms with Gasteiger partial charge in [-0.05, 0) is 147 Å². The highest BCUT2D eigenvalue weighted by Crippen LogP contribution is 2.77. The van der Waals surface area contributed by atoms with E-state index in [1.54, 1.807) is 38.5 Å². The van der Waals surface area contributed by atoms with Gasteiger partial charge in [-0.1, -0.05) is 11.8 Å². The van der Waals surface area contributed by atoms with Gasteiger partial charge in [-0.15, -0.1) is 12.8 Å². The van der Waals surface area contributed by atoms with Crippen LogP contribution in [-0.2, 0) is 5.41 Å². The average molecular weight is 395 g/mol. The monoisotopic (exact) mass is 394 g/mol. The molecule has 2 atom stereocenters. The minimum absolute atomic E-state index is 0.339. The molecule has 8 saturated carbocycles. The van der Waals surface area contributed by atoms with Gasteiger partial charge in [-0.2, -0.15) is 0 Å². The Kier molecular flexibility index (Phi) is 3.45. The molecule has 0 radical (unpaired) electrons. The van der Waals surface area contributed by atoms with E-state index in [0.717, 1.165) is 40.7 Å². The van der Waals surface area contributed by atoms with E-state index >= 15 is 0 Å². The summed E-state index contributed by atoms with van der Waals surface area (Å²) in [5, 5.41) is 0. The third-order valence-electron chi connectivity index (χ3n) is 11.1. The molecule has 0 aromatic heterocycles. The lowest BCUT2D eigenvalue weighted by atomic mass is 9.32. The van der Waals surface area contributed by atoms with E-state index in [-0.39, 0.29) is 0 Å². The number of hydrogen-bond donors (Lipinski definition) is 0. The summed E-state index contributed by atoms with van der Waals surface area (Å²) in [5.74, 6) is 10.8. The van der Waals surface area contributed by atoms with Gasteiger partial charge in [-0.3, -0.25) is 0 Å². The van der Waals surface area contributed by atoms with Gasteiger partial charge in [0.25, 0.3) is 0 Å². The van der Waals surface area contributed by atoms with Crippen molar-refractivity contribution < 1.29 is 0 Å². The lowest BCUT2D eigenvalue weighted by Crippen LogP contribution is -2.63. The van der Waals surface area contributed by atoms with Gasteiger partial charge in [0.2, 0.25) is 0 Å². The molecule has 9 rings (SSSR count). The fourth-order valence-corrected chi connectivity index (χ4v) is 11.1. The predicted molar refractivity (Wildman–Crippen MR) is 122 cm³/mol. The maximum atomic E-state index is 5.84. The maximum Gasteiger partial charge on any atom is 0.0257 e. The van der Waals surface area contributed by atoms with Crippen LogP contribution in [0, 0.1) is 65.1 Å². The van der Waals surface area contributed by atoms with Crippen LogP contribution >= 0.6 is 0 Å². The normalized spacial score (nSPS) is 49.7. The smallest absolute Gasteiger partial charge is 0.0257 e. The van der Waals surface area contributed by atoms with Crippen LogP contribution in [0.2, 0.25) is 0 Å². The van der Waals surface area contributed by atoms with Crippen molar-refractivity contribution in [3.8, 4) is 24.7 Å². The summed E-state index contributed by atoms with van der Waals surface area (Å²) in [6.45, 7) is 0. The minimum atomic E-state index is 0.339. The van der Waals surface area contributed by atoms with Crippen molar-refractivity contribution in [2.45, 2.75) is 82.5 Å². The molecule has 8 bridgehead atoms. The first-order chi connectivity index (χ1) is 14.5. The highest BCUT2D eigenvalue weighted by Gasteiger charge is 2.67. The summed E-state index contributed by atoms with van der Waals surface area (Å²) in [4.78, 5) is 0. The van der Waals surface area contributed by atoms with Crippen LogP contribution in [0.1, 0.15) is 93.7 Å². The first-order valence-corrected chi connectivity index (χ1v) is 12.6. The molecule has 8 aliphatic carbocycles. The fraction of sp³-hybridized carbons (Fsp3) is 0.667. The van der Waals surface area contributed by atoms with Gasteiger partial charge in [0, 0.05) is 11.1 Å². The van der Waals surface area contributed by atoms with Crippen LogP contribution in [0.4, 0.5) is 0 Å². The maximum absolute atomic E-state index is 5.84. The summed E-state index contributed by atoms with van der Waals surface area (Å²) < 4.78 is 0.